The van der Waals surface area contributed by atoms with Crippen LogP contribution in [-0.2, 0) is 6.42 Å². The topological polar surface area (TPSA) is 73.8 Å². The van der Waals surface area contributed by atoms with E-state index in [1.165, 1.54) is 16.8 Å². The lowest BCUT2D eigenvalue weighted by Gasteiger charge is -2.15. The third kappa shape index (κ3) is 3.55. The van der Waals surface area contributed by atoms with Crippen LogP contribution in [0.5, 0.6) is 0 Å². The van der Waals surface area contributed by atoms with Crippen LogP contribution in [0.2, 0.25) is 5.02 Å². The molecule has 0 bridgehead atoms. The number of fused-ring (bicyclic) bond motifs is 1. The Bertz CT molecular complexity index is 973. The summed E-state index contributed by atoms with van der Waals surface area (Å²) in [5.41, 5.74) is 6.19. The lowest BCUT2D eigenvalue weighted by molar-refractivity contribution is 0.531. The van der Waals surface area contributed by atoms with E-state index < -0.39 is 5.82 Å². The number of aromatic nitrogens is 3. The SMILES string of the molecule is CC(CN)CCc1nc2cccc(Cl)c2c(=O)n1-c1cncc(F)c1. The van der Waals surface area contributed by atoms with E-state index in [1.54, 1.807) is 18.2 Å². The molecule has 0 saturated heterocycles. The first-order valence-electron chi connectivity index (χ1n) is 8.02. The fourth-order valence-corrected chi connectivity index (χ4v) is 2.94. The van der Waals surface area contributed by atoms with Gasteiger partial charge in [-0.3, -0.25) is 14.3 Å². The van der Waals surface area contributed by atoms with E-state index in [1.807, 2.05) is 6.92 Å². The number of benzene rings is 1. The van der Waals surface area contributed by atoms with E-state index in [0.29, 0.717) is 40.4 Å². The molecule has 1 unspecified atom stereocenters. The maximum Gasteiger partial charge on any atom is 0.267 e. The highest BCUT2D eigenvalue weighted by atomic mass is 35.5. The summed E-state index contributed by atoms with van der Waals surface area (Å²) < 4.78 is 15.0. The molecule has 1 aromatic carbocycles. The number of nitrogens with zero attached hydrogens (tertiary/aromatic N) is 3. The van der Waals surface area contributed by atoms with Gasteiger partial charge in [0.25, 0.3) is 5.56 Å². The van der Waals surface area contributed by atoms with Gasteiger partial charge in [-0.1, -0.05) is 24.6 Å². The van der Waals surface area contributed by atoms with E-state index in [9.17, 15) is 9.18 Å². The van der Waals surface area contributed by atoms with Crippen molar-refractivity contribution in [3.8, 4) is 5.69 Å². The van der Waals surface area contributed by atoms with Crippen molar-refractivity contribution in [1.29, 1.82) is 0 Å². The Kier molecular flexibility index (Phi) is 5.11. The summed E-state index contributed by atoms with van der Waals surface area (Å²) in [6.45, 7) is 2.58. The number of hydrogen-bond acceptors (Lipinski definition) is 4. The van der Waals surface area contributed by atoms with E-state index in [-0.39, 0.29) is 11.5 Å². The molecule has 2 aromatic heterocycles. The maximum atomic E-state index is 13.6. The van der Waals surface area contributed by atoms with Gasteiger partial charge in [0.05, 0.1) is 34.0 Å². The highest BCUT2D eigenvalue weighted by Crippen LogP contribution is 2.21. The predicted molar refractivity (Wildman–Crippen MR) is 96.6 cm³/mol. The summed E-state index contributed by atoms with van der Waals surface area (Å²) in [4.78, 5) is 21.5. The van der Waals surface area contributed by atoms with Gasteiger partial charge in [-0.05, 0) is 31.0 Å². The van der Waals surface area contributed by atoms with Crippen molar-refractivity contribution in [2.24, 2.45) is 11.7 Å². The number of pyridine rings is 1. The minimum absolute atomic E-state index is 0.283. The van der Waals surface area contributed by atoms with Crippen molar-refractivity contribution >= 4 is 22.5 Å². The maximum absolute atomic E-state index is 13.6. The van der Waals surface area contributed by atoms with Crippen LogP contribution in [0, 0.1) is 11.7 Å². The number of hydrogen-bond donors (Lipinski definition) is 1. The van der Waals surface area contributed by atoms with Gasteiger partial charge in [-0.2, -0.15) is 0 Å². The molecule has 0 fully saturated rings. The molecule has 130 valence electrons. The molecule has 3 rings (SSSR count). The molecular weight excluding hydrogens is 343 g/mol. The van der Waals surface area contributed by atoms with Crippen LogP contribution in [-0.4, -0.2) is 21.1 Å². The first kappa shape index (κ1) is 17.5. The number of nitrogens with two attached hydrogens (primary N) is 1. The summed E-state index contributed by atoms with van der Waals surface area (Å²) in [5.74, 6) is 0.295. The molecule has 0 amide bonds. The van der Waals surface area contributed by atoms with Gasteiger partial charge in [0, 0.05) is 12.5 Å². The first-order chi connectivity index (χ1) is 12.0. The Balaban J connectivity index is 2.25. The largest absolute Gasteiger partial charge is 0.330 e. The second kappa shape index (κ2) is 7.29. The van der Waals surface area contributed by atoms with Crippen molar-refractivity contribution in [2.45, 2.75) is 19.8 Å². The molecule has 7 heteroatoms. The Hall–Kier alpha value is -2.31. The zero-order valence-corrected chi connectivity index (χ0v) is 14.5. The monoisotopic (exact) mass is 360 g/mol. The van der Waals surface area contributed by atoms with Crippen molar-refractivity contribution in [3.63, 3.8) is 0 Å². The van der Waals surface area contributed by atoms with Gasteiger partial charge in [-0.15, -0.1) is 0 Å². The molecule has 0 spiro atoms. The summed E-state index contributed by atoms with van der Waals surface area (Å²) in [5, 5.41) is 0.624. The van der Waals surface area contributed by atoms with Crippen LogP contribution in [0.15, 0.2) is 41.5 Å². The molecule has 0 aliphatic rings. The van der Waals surface area contributed by atoms with Crippen LogP contribution in [0.3, 0.4) is 0 Å². The highest BCUT2D eigenvalue weighted by Gasteiger charge is 2.16. The standard InChI is InChI=1S/C18H18ClFN4O/c1-11(8-21)5-6-16-23-15-4-2-3-14(19)17(15)18(25)24(16)13-7-12(20)9-22-10-13/h2-4,7,9-11H,5-6,8,21H2,1H3. The third-order valence-corrected chi connectivity index (χ3v) is 4.44. The van der Waals surface area contributed by atoms with Crippen molar-refractivity contribution in [3.05, 3.63) is 63.7 Å². The van der Waals surface area contributed by atoms with Crippen LogP contribution >= 0.6 is 11.6 Å². The van der Waals surface area contributed by atoms with Crippen molar-refractivity contribution in [1.82, 2.24) is 14.5 Å². The Morgan fingerprint density at radius 3 is 2.88 bits per heavy atom. The lowest BCUT2D eigenvalue weighted by atomic mass is 10.1. The first-order valence-corrected chi connectivity index (χ1v) is 8.40. The highest BCUT2D eigenvalue weighted by molar-refractivity contribution is 6.35. The second-order valence-electron chi connectivity index (χ2n) is 6.04. The molecule has 5 nitrogen and oxygen atoms in total. The average Bonchev–Trinajstić information content (AvgIpc) is 2.59. The van der Waals surface area contributed by atoms with E-state index in [2.05, 4.69) is 9.97 Å². The summed E-state index contributed by atoms with van der Waals surface area (Å²) in [6.07, 6.45) is 3.82. The zero-order valence-electron chi connectivity index (χ0n) is 13.7. The van der Waals surface area contributed by atoms with Crippen LogP contribution < -0.4 is 11.3 Å². The molecule has 25 heavy (non-hydrogen) atoms. The van der Waals surface area contributed by atoms with Crippen LogP contribution in [0.4, 0.5) is 4.39 Å². The van der Waals surface area contributed by atoms with Crippen molar-refractivity contribution in [2.75, 3.05) is 6.54 Å². The minimum Gasteiger partial charge on any atom is -0.330 e. The summed E-state index contributed by atoms with van der Waals surface area (Å²) in [7, 11) is 0. The minimum atomic E-state index is -0.523. The Morgan fingerprint density at radius 1 is 1.36 bits per heavy atom. The molecule has 0 saturated carbocycles. The molecule has 1 atom stereocenters. The number of aryl methyl sites for hydroxylation is 1. The number of rotatable bonds is 5. The predicted octanol–water partition coefficient (Wildman–Crippen LogP) is 3.10. The average molecular weight is 361 g/mol. The smallest absolute Gasteiger partial charge is 0.267 e. The van der Waals surface area contributed by atoms with Gasteiger partial charge in [-0.25, -0.2) is 9.37 Å². The zero-order chi connectivity index (χ0) is 18.0. The molecule has 2 N–H and O–H groups in total. The van der Waals surface area contributed by atoms with Crippen molar-refractivity contribution < 1.29 is 4.39 Å². The summed E-state index contributed by atoms with van der Waals surface area (Å²) >= 11 is 6.20. The molecule has 0 radical (unpaired) electrons. The quantitative estimate of drug-likeness (QED) is 0.758. The van der Waals surface area contributed by atoms with E-state index >= 15 is 0 Å². The van der Waals surface area contributed by atoms with E-state index in [4.69, 9.17) is 17.3 Å². The van der Waals surface area contributed by atoms with Gasteiger partial charge in [0.2, 0.25) is 0 Å². The third-order valence-electron chi connectivity index (χ3n) is 4.13. The Morgan fingerprint density at radius 2 is 2.16 bits per heavy atom. The normalized spacial score (nSPS) is 12.5. The van der Waals surface area contributed by atoms with Gasteiger partial charge in [0.15, 0.2) is 0 Å². The molecule has 0 aliphatic heterocycles. The van der Waals surface area contributed by atoms with Crippen LogP contribution in [0.25, 0.3) is 16.6 Å². The van der Waals surface area contributed by atoms with Gasteiger partial charge in [0.1, 0.15) is 11.6 Å². The summed E-state index contributed by atoms with van der Waals surface area (Å²) in [6, 6.07) is 6.38. The van der Waals surface area contributed by atoms with E-state index in [0.717, 1.165) is 12.6 Å². The van der Waals surface area contributed by atoms with Gasteiger partial charge < -0.3 is 5.73 Å². The van der Waals surface area contributed by atoms with Gasteiger partial charge >= 0.3 is 0 Å². The van der Waals surface area contributed by atoms with Crippen LogP contribution in [0.1, 0.15) is 19.2 Å². The molecule has 2 heterocycles. The molecule has 0 aliphatic carbocycles. The second-order valence-corrected chi connectivity index (χ2v) is 6.45. The fourth-order valence-electron chi connectivity index (χ4n) is 2.69. The molecule has 3 aromatic rings. The molecular formula is C18H18ClFN4O. The Labute approximate surface area is 149 Å². The number of halogens is 2. The lowest BCUT2D eigenvalue weighted by Crippen LogP contribution is -2.25. The fraction of sp³-hybridized carbons (Fsp3) is 0.278.